The molecule has 2 aliphatic heterocycles. The van der Waals surface area contributed by atoms with Gasteiger partial charge in [0.1, 0.15) is 0 Å². The van der Waals surface area contributed by atoms with E-state index in [-0.39, 0.29) is 16.5 Å². The largest absolute Gasteiger partial charge is 0.368 e. The fraction of sp³-hybridized carbons (Fsp3) is 0.333. The number of aromatic nitrogens is 1. The van der Waals surface area contributed by atoms with Crippen molar-refractivity contribution in [2.24, 2.45) is 0 Å². The fourth-order valence-corrected chi connectivity index (χ4v) is 4.77. The molecule has 0 saturated carbocycles. The van der Waals surface area contributed by atoms with Crippen LogP contribution in [0.25, 0.3) is 10.9 Å². The molecule has 32 heavy (non-hydrogen) atoms. The Morgan fingerprint density at radius 3 is 2.59 bits per heavy atom. The van der Waals surface area contributed by atoms with Gasteiger partial charge in [-0.1, -0.05) is 30.3 Å². The molecule has 1 aromatic heterocycles. The molecule has 0 spiro atoms. The molecule has 3 heterocycles. The number of para-hydroxylation sites is 2. The lowest BCUT2D eigenvalue weighted by molar-refractivity contribution is -0.383. The zero-order valence-electron chi connectivity index (χ0n) is 18.0. The van der Waals surface area contributed by atoms with Crippen molar-refractivity contribution in [3.8, 4) is 0 Å². The zero-order chi connectivity index (χ0) is 22.2. The molecular weight excluding hydrogens is 406 g/mol. The Balaban J connectivity index is 1.29. The van der Waals surface area contributed by atoms with E-state index in [9.17, 15) is 14.9 Å². The first kappa shape index (κ1) is 20.4. The zero-order valence-corrected chi connectivity index (χ0v) is 18.0. The highest BCUT2D eigenvalue weighted by Crippen LogP contribution is 2.33. The number of aryl methyl sites for hydroxylation is 1. The Morgan fingerprint density at radius 1 is 1.03 bits per heavy atom. The number of pyridine rings is 1. The number of nitro benzene ring substituents is 1. The van der Waals surface area contributed by atoms with Gasteiger partial charge in [0, 0.05) is 61.2 Å². The van der Waals surface area contributed by atoms with Crippen LogP contribution < -0.4 is 9.80 Å². The summed E-state index contributed by atoms with van der Waals surface area (Å²) in [6.45, 7) is 6.06. The van der Waals surface area contributed by atoms with Crippen LogP contribution in [0.1, 0.15) is 11.3 Å². The third-order valence-electron chi connectivity index (χ3n) is 6.38. The maximum Gasteiger partial charge on any atom is 0.295 e. The van der Waals surface area contributed by atoms with Gasteiger partial charge in [-0.25, -0.2) is 4.98 Å². The molecule has 0 N–H and O–H groups in total. The maximum absolute atomic E-state index is 12.9. The van der Waals surface area contributed by atoms with E-state index in [1.165, 1.54) is 11.6 Å². The summed E-state index contributed by atoms with van der Waals surface area (Å²) < 4.78 is 0. The van der Waals surface area contributed by atoms with Gasteiger partial charge < -0.3 is 9.80 Å². The van der Waals surface area contributed by atoms with Crippen LogP contribution in [0.3, 0.4) is 0 Å². The summed E-state index contributed by atoms with van der Waals surface area (Å²) in [5.41, 5.74) is 4.46. The summed E-state index contributed by atoms with van der Waals surface area (Å²) in [7, 11) is 0. The van der Waals surface area contributed by atoms with Crippen molar-refractivity contribution in [1.82, 2.24) is 9.88 Å². The number of carbonyl (C=O) groups excluding carboxylic acids is 1. The number of carbonyl (C=O) groups is 1. The molecule has 3 aromatic rings. The van der Waals surface area contributed by atoms with E-state index in [1.54, 1.807) is 6.07 Å². The van der Waals surface area contributed by atoms with E-state index < -0.39 is 0 Å². The van der Waals surface area contributed by atoms with Crippen molar-refractivity contribution in [1.29, 1.82) is 0 Å². The van der Waals surface area contributed by atoms with E-state index in [0.29, 0.717) is 12.1 Å². The summed E-state index contributed by atoms with van der Waals surface area (Å²) >= 11 is 0. The Morgan fingerprint density at radius 2 is 1.81 bits per heavy atom. The predicted octanol–water partition coefficient (Wildman–Crippen LogP) is 3.16. The lowest BCUT2D eigenvalue weighted by Gasteiger charge is -2.36. The second kappa shape index (κ2) is 8.20. The molecule has 164 valence electrons. The number of nitrogens with zero attached hydrogens (tertiary/aromatic N) is 5. The highest BCUT2D eigenvalue weighted by atomic mass is 16.6. The number of nitro groups is 1. The number of amides is 1. The van der Waals surface area contributed by atoms with Crippen LogP contribution >= 0.6 is 0 Å². The third-order valence-corrected chi connectivity index (χ3v) is 6.38. The van der Waals surface area contributed by atoms with Crippen molar-refractivity contribution >= 4 is 33.9 Å². The number of piperazine rings is 1. The van der Waals surface area contributed by atoms with Crippen molar-refractivity contribution < 1.29 is 9.72 Å². The monoisotopic (exact) mass is 431 g/mol. The highest BCUT2D eigenvalue weighted by Gasteiger charge is 2.27. The van der Waals surface area contributed by atoms with Gasteiger partial charge in [-0.15, -0.1) is 0 Å². The molecule has 0 bridgehead atoms. The predicted molar refractivity (Wildman–Crippen MR) is 124 cm³/mol. The van der Waals surface area contributed by atoms with Gasteiger partial charge in [0.2, 0.25) is 5.91 Å². The summed E-state index contributed by atoms with van der Waals surface area (Å²) in [6, 6.07) is 15.2. The SMILES string of the molecule is Cc1cc(N2CCN(CC(=O)N3CCc4ccccc43)CC2)c2cccc([N+](=O)[O-])c2n1. The second-order valence-electron chi connectivity index (χ2n) is 8.40. The first-order valence-electron chi connectivity index (χ1n) is 10.9. The molecule has 1 fully saturated rings. The first-order chi connectivity index (χ1) is 15.5. The Labute approximate surface area is 186 Å². The van der Waals surface area contributed by atoms with Gasteiger partial charge in [0.25, 0.3) is 5.69 Å². The van der Waals surface area contributed by atoms with E-state index >= 15 is 0 Å². The van der Waals surface area contributed by atoms with Crippen LogP contribution in [0.2, 0.25) is 0 Å². The molecular formula is C24H25N5O3. The molecule has 2 aliphatic rings. The van der Waals surface area contributed by atoms with Crippen molar-refractivity contribution in [2.75, 3.05) is 49.1 Å². The minimum atomic E-state index is -0.376. The van der Waals surface area contributed by atoms with Gasteiger partial charge in [-0.2, -0.15) is 0 Å². The quantitative estimate of drug-likeness (QED) is 0.466. The number of hydrogen-bond donors (Lipinski definition) is 0. The molecule has 1 saturated heterocycles. The van der Waals surface area contributed by atoms with Gasteiger partial charge in [0.15, 0.2) is 5.52 Å². The van der Waals surface area contributed by atoms with Gasteiger partial charge in [0.05, 0.1) is 11.5 Å². The number of non-ortho nitro benzene ring substituents is 1. The van der Waals surface area contributed by atoms with Crippen molar-refractivity contribution in [3.05, 3.63) is 69.9 Å². The molecule has 8 heteroatoms. The lowest BCUT2D eigenvalue weighted by atomic mass is 10.1. The topological polar surface area (TPSA) is 82.8 Å². The normalized spacial score (nSPS) is 16.4. The fourth-order valence-electron chi connectivity index (χ4n) is 4.77. The molecule has 1 amide bonds. The number of rotatable bonds is 4. The first-order valence-corrected chi connectivity index (χ1v) is 10.9. The standard InChI is InChI=1S/C24H25N5O3/c1-17-15-22(19-6-4-8-21(29(31)32)24(19)25-17)27-13-11-26(12-14-27)16-23(30)28-10-9-18-5-2-3-7-20(18)28/h2-8,15H,9-14,16H2,1H3. The number of anilines is 2. The minimum absolute atomic E-state index is 0.0302. The second-order valence-corrected chi connectivity index (χ2v) is 8.40. The van der Waals surface area contributed by atoms with E-state index in [0.717, 1.165) is 61.6 Å². The average molecular weight is 431 g/mol. The number of benzene rings is 2. The lowest BCUT2D eigenvalue weighted by Crippen LogP contribution is -2.50. The average Bonchev–Trinajstić information content (AvgIpc) is 3.23. The molecule has 8 nitrogen and oxygen atoms in total. The van der Waals surface area contributed by atoms with Crippen LogP contribution in [0, 0.1) is 17.0 Å². The van der Waals surface area contributed by atoms with Crippen molar-refractivity contribution in [3.63, 3.8) is 0 Å². The number of fused-ring (bicyclic) bond motifs is 2. The Kier molecular flexibility index (Phi) is 5.22. The summed E-state index contributed by atoms with van der Waals surface area (Å²) in [5.74, 6) is 0.143. The molecule has 2 aromatic carbocycles. The summed E-state index contributed by atoms with van der Waals surface area (Å²) in [6.07, 6.45) is 0.913. The van der Waals surface area contributed by atoms with E-state index in [1.807, 2.05) is 42.2 Å². The van der Waals surface area contributed by atoms with Crippen LogP contribution in [-0.2, 0) is 11.2 Å². The van der Waals surface area contributed by atoms with Crippen LogP contribution in [-0.4, -0.2) is 60.0 Å². The third kappa shape index (κ3) is 3.67. The van der Waals surface area contributed by atoms with E-state index in [2.05, 4.69) is 20.9 Å². The number of hydrogen-bond acceptors (Lipinski definition) is 6. The highest BCUT2D eigenvalue weighted by molar-refractivity contribution is 5.98. The van der Waals surface area contributed by atoms with Gasteiger partial charge in [-0.3, -0.25) is 19.8 Å². The summed E-state index contributed by atoms with van der Waals surface area (Å²) in [5, 5.41) is 12.2. The van der Waals surface area contributed by atoms with Gasteiger partial charge >= 0.3 is 0 Å². The van der Waals surface area contributed by atoms with Crippen molar-refractivity contribution in [2.45, 2.75) is 13.3 Å². The van der Waals surface area contributed by atoms with E-state index in [4.69, 9.17) is 0 Å². The van der Waals surface area contributed by atoms with Crippen LogP contribution in [0.4, 0.5) is 17.1 Å². The van der Waals surface area contributed by atoms with Crippen LogP contribution in [0.15, 0.2) is 48.5 Å². The molecule has 0 radical (unpaired) electrons. The minimum Gasteiger partial charge on any atom is -0.368 e. The molecule has 5 rings (SSSR count). The molecule has 0 unspecified atom stereocenters. The van der Waals surface area contributed by atoms with Gasteiger partial charge in [-0.05, 0) is 31.0 Å². The smallest absolute Gasteiger partial charge is 0.295 e. The Bertz CT molecular complexity index is 1200. The summed E-state index contributed by atoms with van der Waals surface area (Å²) in [4.78, 5) is 34.8. The molecule has 0 atom stereocenters. The Hall–Kier alpha value is -3.52. The maximum atomic E-state index is 12.9. The molecule has 0 aliphatic carbocycles. The van der Waals surface area contributed by atoms with Crippen LogP contribution in [0.5, 0.6) is 0 Å².